The third-order valence-corrected chi connectivity index (χ3v) is 5.45. The second kappa shape index (κ2) is 4.82. The number of rotatable bonds is 1. The normalized spacial score (nSPS) is 33.6. The van der Waals surface area contributed by atoms with Crippen molar-refractivity contribution in [1.29, 1.82) is 0 Å². The maximum atomic E-state index is 10.1. The summed E-state index contributed by atoms with van der Waals surface area (Å²) >= 11 is 0. The molecule has 0 saturated heterocycles. The van der Waals surface area contributed by atoms with Crippen LogP contribution in [0.5, 0.6) is 5.75 Å². The molecule has 106 valence electrons. The van der Waals surface area contributed by atoms with Gasteiger partial charge in [0.15, 0.2) is 0 Å². The standard InChI is InChI=1S/C18H22O2/c1-3-17(20)18(2)9-8-16-13(11-18)5-4-12-10-14(19)6-7-15(12)16/h1,6-7,10,13,16-17,19-20H,4-5,8-9,11H2,2H3. The van der Waals surface area contributed by atoms with Crippen LogP contribution in [0, 0.1) is 23.7 Å². The van der Waals surface area contributed by atoms with Crippen LogP contribution in [-0.4, -0.2) is 16.3 Å². The second-order valence-electron chi connectivity index (χ2n) is 6.75. The summed E-state index contributed by atoms with van der Waals surface area (Å²) in [5.74, 6) is 4.06. The fourth-order valence-corrected chi connectivity index (χ4v) is 4.24. The third-order valence-electron chi connectivity index (χ3n) is 5.45. The van der Waals surface area contributed by atoms with Crippen LogP contribution >= 0.6 is 0 Å². The van der Waals surface area contributed by atoms with E-state index in [2.05, 4.69) is 18.9 Å². The molecule has 3 rings (SSSR count). The van der Waals surface area contributed by atoms with Crippen LogP contribution in [0.1, 0.15) is 49.7 Å². The fraction of sp³-hybridized carbons (Fsp3) is 0.556. The molecule has 4 unspecified atom stereocenters. The first kappa shape index (κ1) is 13.5. The number of hydrogen-bond donors (Lipinski definition) is 2. The number of terminal acetylenes is 1. The molecule has 0 amide bonds. The molecule has 2 heteroatoms. The van der Waals surface area contributed by atoms with E-state index in [4.69, 9.17) is 6.42 Å². The van der Waals surface area contributed by atoms with Crippen LogP contribution in [0.3, 0.4) is 0 Å². The lowest BCUT2D eigenvalue weighted by molar-refractivity contribution is 0.0179. The molecule has 1 fully saturated rings. The zero-order chi connectivity index (χ0) is 14.3. The largest absolute Gasteiger partial charge is 0.508 e. The quantitative estimate of drug-likeness (QED) is 0.769. The van der Waals surface area contributed by atoms with Crippen molar-refractivity contribution in [3.05, 3.63) is 29.3 Å². The van der Waals surface area contributed by atoms with Crippen LogP contribution in [0.2, 0.25) is 0 Å². The van der Waals surface area contributed by atoms with Gasteiger partial charge in [-0.25, -0.2) is 0 Å². The van der Waals surface area contributed by atoms with Crippen molar-refractivity contribution in [2.24, 2.45) is 11.3 Å². The smallest absolute Gasteiger partial charge is 0.119 e. The van der Waals surface area contributed by atoms with Crippen molar-refractivity contribution in [2.45, 2.75) is 51.0 Å². The molecule has 1 aromatic carbocycles. The Morgan fingerprint density at radius 1 is 1.40 bits per heavy atom. The monoisotopic (exact) mass is 270 g/mol. The van der Waals surface area contributed by atoms with E-state index in [0.29, 0.717) is 17.6 Å². The average Bonchev–Trinajstić information content (AvgIpc) is 2.45. The number of phenols is 1. The number of benzene rings is 1. The minimum absolute atomic E-state index is 0.135. The molecule has 0 heterocycles. The van der Waals surface area contributed by atoms with E-state index in [1.54, 1.807) is 6.07 Å². The second-order valence-corrected chi connectivity index (χ2v) is 6.75. The van der Waals surface area contributed by atoms with E-state index in [1.165, 1.54) is 11.1 Å². The van der Waals surface area contributed by atoms with Gasteiger partial charge in [-0.2, -0.15) is 0 Å². The molecule has 4 atom stereocenters. The number of hydrogen-bond acceptors (Lipinski definition) is 2. The lowest BCUT2D eigenvalue weighted by Crippen LogP contribution is -2.40. The van der Waals surface area contributed by atoms with E-state index < -0.39 is 6.10 Å². The average molecular weight is 270 g/mol. The minimum Gasteiger partial charge on any atom is -0.508 e. The SMILES string of the molecule is C#CC(O)C1(C)CCC2c3ccc(O)cc3CCC2C1. The lowest BCUT2D eigenvalue weighted by Gasteiger charge is -2.46. The zero-order valence-corrected chi connectivity index (χ0v) is 12.0. The summed E-state index contributed by atoms with van der Waals surface area (Å²) in [6.45, 7) is 2.13. The van der Waals surface area contributed by atoms with Gasteiger partial charge in [-0.3, -0.25) is 0 Å². The highest BCUT2D eigenvalue weighted by Gasteiger charge is 2.43. The number of aryl methyl sites for hydroxylation is 1. The molecule has 2 aliphatic rings. The summed E-state index contributed by atoms with van der Waals surface area (Å²) in [5.41, 5.74) is 2.56. The third kappa shape index (κ3) is 2.11. The van der Waals surface area contributed by atoms with Gasteiger partial charge in [0.05, 0.1) is 0 Å². The van der Waals surface area contributed by atoms with Gasteiger partial charge in [-0.15, -0.1) is 6.42 Å². The summed E-state index contributed by atoms with van der Waals surface area (Å²) in [5, 5.41) is 19.7. The summed E-state index contributed by atoms with van der Waals surface area (Å²) in [6, 6.07) is 5.79. The van der Waals surface area contributed by atoms with Gasteiger partial charge < -0.3 is 10.2 Å². The molecular weight excluding hydrogens is 248 g/mol. The van der Waals surface area contributed by atoms with E-state index in [-0.39, 0.29) is 5.41 Å². The first-order valence-electron chi connectivity index (χ1n) is 7.49. The number of aliphatic hydroxyl groups excluding tert-OH is 1. The first-order chi connectivity index (χ1) is 9.53. The summed E-state index contributed by atoms with van der Waals surface area (Å²) < 4.78 is 0. The Morgan fingerprint density at radius 3 is 2.95 bits per heavy atom. The fourth-order valence-electron chi connectivity index (χ4n) is 4.24. The molecular formula is C18H22O2. The predicted octanol–water partition coefficient (Wildman–Crippen LogP) is 3.22. The van der Waals surface area contributed by atoms with Gasteiger partial charge in [0.25, 0.3) is 0 Å². The van der Waals surface area contributed by atoms with Crippen molar-refractivity contribution in [3.63, 3.8) is 0 Å². The van der Waals surface area contributed by atoms with E-state index in [9.17, 15) is 10.2 Å². The number of phenolic OH excluding ortho intramolecular Hbond substituents is 1. The maximum absolute atomic E-state index is 10.1. The molecule has 2 N–H and O–H groups in total. The Morgan fingerprint density at radius 2 is 2.20 bits per heavy atom. The van der Waals surface area contributed by atoms with Gasteiger partial charge >= 0.3 is 0 Å². The zero-order valence-electron chi connectivity index (χ0n) is 12.0. The van der Waals surface area contributed by atoms with Crippen molar-refractivity contribution in [1.82, 2.24) is 0 Å². The molecule has 20 heavy (non-hydrogen) atoms. The Balaban J connectivity index is 1.86. The first-order valence-corrected chi connectivity index (χ1v) is 7.49. The number of aromatic hydroxyl groups is 1. The number of fused-ring (bicyclic) bond motifs is 3. The Bertz CT molecular complexity index is 557. The highest BCUT2D eigenvalue weighted by atomic mass is 16.3. The van der Waals surface area contributed by atoms with Gasteiger partial charge in [0, 0.05) is 5.41 Å². The van der Waals surface area contributed by atoms with Crippen LogP contribution in [0.25, 0.3) is 0 Å². The predicted molar refractivity (Wildman–Crippen MR) is 79.5 cm³/mol. The highest BCUT2D eigenvalue weighted by Crippen LogP contribution is 2.52. The summed E-state index contributed by atoms with van der Waals surface area (Å²) in [7, 11) is 0. The topological polar surface area (TPSA) is 40.5 Å². The van der Waals surface area contributed by atoms with Crippen molar-refractivity contribution in [3.8, 4) is 18.1 Å². The summed E-state index contributed by atoms with van der Waals surface area (Å²) in [6.07, 6.45) is 10.00. The summed E-state index contributed by atoms with van der Waals surface area (Å²) in [4.78, 5) is 0. The Kier molecular flexibility index (Phi) is 3.26. The van der Waals surface area contributed by atoms with Crippen LogP contribution < -0.4 is 0 Å². The van der Waals surface area contributed by atoms with Gasteiger partial charge in [0.2, 0.25) is 0 Å². The molecule has 0 bridgehead atoms. The maximum Gasteiger partial charge on any atom is 0.119 e. The van der Waals surface area contributed by atoms with Gasteiger partial charge in [-0.05, 0) is 67.2 Å². The molecule has 2 nitrogen and oxygen atoms in total. The van der Waals surface area contributed by atoms with E-state index in [1.807, 2.05) is 6.07 Å². The van der Waals surface area contributed by atoms with E-state index >= 15 is 0 Å². The van der Waals surface area contributed by atoms with Crippen molar-refractivity contribution in [2.75, 3.05) is 0 Å². The van der Waals surface area contributed by atoms with Crippen LogP contribution in [0.15, 0.2) is 18.2 Å². The van der Waals surface area contributed by atoms with Crippen LogP contribution in [-0.2, 0) is 6.42 Å². The molecule has 0 aromatic heterocycles. The van der Waals surface area contributed by atoms with Crippen molar-refractivity contribution < 1.29 is 10.2 Å². The lowest BCUT2D eigenvalue weighted by atomic mass is 9.59. The molecule has 1 aromatic rings. The molecule has 0 spiro atoms. The van der Waals surface area contributed by atoms with Gasteiger partial charge in [0.1, 0.15) is 11.9 Å². The van der Waals surface area contributed by atoms with E-state index in [0.717, 1.165) is 32.1 Å². The number of aliphatic hydroxyl groups is 1. The van der Waals surface area contributed by atoms with Gasteiger partial charge in [-0.1, -0.05) is 18.9 Å². The van der Waals surface area contributed by atoms with Crippen LogP contribution in [0.4, 0.5) is 0 Å². The highest BCUT2D eigenvalue weighted by molar-refractivity contribution is 5.39. The molecule has 0 aliphatic heterocycles. The minimum atomic E-state index is -0.635. The molecule has 2 aliphatic carbocycles. The van der Waals surface area contributed by atoms with Crippen molar-refractivity contribution >= 4 is 0 Å². The molecule has 1 saturated carbocycles. The Hall–Kier alpha value is -1.46. The molecule has 0 radical (unpaired) electrons. The Labute approximate surface area is 120 Å².